The fraction of sp³-hybridized carbons (Fsp3) is 0.143. The first kappa shape index (κ1) is 11.3. The van der Waals surface area contributed by atoms with Crippen LogP contribution in [0.15, 0.2) is 30.3 Å². The molecule has 0 unspecified atom stereocenters. The van der Waals surface area contributed by atoms with Crippen LogP contribution in [0, 0.1) is 0 Å². The molecule has 0 amide bonds. The molecule has 17 heavy (non-hydrogen) atoms. The zero-order valence-corrected chi connectivity index (χ0v) is 9.78. The molecule has 0 bridgehead atoms. The second-order valence-corrected chi connectivity index (χ2v) is 4.08. The topological polar surface area (TPSA) is 60.2 Å². The van der Waals surface area contributed by atoms with E-state index in [-0.39, 0.29) is 11.6 Å². The minimum Gasteiger partial charge on any atom is -0.399 e. The van der Waals surface area contributed by atoms with Crippen LogP contribution >= 0.6 is 0 Å². The molecule has 2 N–H and O–H groups in total. The summed E-state index contributed by atoms with van der Waals surface area (Å²) in [6.07, 6.45) is 0. The number of nitrogen functional groups attached to an aromatic ring is 1. The summed E-state index contributed by atoms with van der Waals surface area (Å²) in [7, 11) is 0. The largest absolute Gasteiger partial charge is 0.399 e. The number of hydrogen-bond donors (Lipinski definition) is 1. The minimum atomic E-state index is -0.0870. The van der Waals surface area contributed by atoms with Gasteiger partial charge in [-0.2, -0.15) is 0 Å². The molecule has 3 nitrogen and oxygen atoms in total. The predicted molar refractivity (Wildman–Crippen MR) is 68.4 cm³/mol. The molecule has 0 aliphatic heterocycles. The Morgan fingerprint density at radius 1 is 1.00 bits per heavy atom. The lowest BCUT2D eigenvalue weighted by atomic mass is 9.95. The molecule has 0 atom stereocenters. The highest BCUT2D eigenvalue weighted by atomic mass is 16.1. The predicted octanol–water partition coefficient (Wildman–Crippen LogP) is 2.83. The van der Waals surface area contributed by atoms with E-state index in [4.69, 9.17) is 5.73 Å². The van der Waals surface area contributed by atoms with Crippen molar-refractivity contribution in [1.29, 1.82) is 0 Å². The number of ketones is 2. The normalized spacial score (nSPS) is 10.5. The Labute approximate surface area is 99.2 Å². The molecule has 0 saturated carbocycles. The average molecular weight is 227 g/mol. The number of benzene rings is 2. The van der Waals surface area contributed by atoms with E-state index in [2.05, 4.69) is 0 Å². The molecule has 0 radical (unpaired) electrons. The molecule has 2 aromatic carbocycles. The van der Waals surface area contributed by atoms with Crippen LogP contribution in [0.3, 0.4) is 0 Å². The molecular weight excluding hydrogens is 214 g/mol. The van der Waals surface area contributed by atoms with Gasteiger partial charge in [-0.25, -0.2) is 0 Å². The summed E-state index contributed by atoms with van der Waals surface area (Å²) >= 11 is 0. The number of anilines is 1. The van der Waals surface area contributed by atoms with Gasteiger partial charge in [0.25, 0.3) is 0 Å². The molecule has 2 aromatic rings. The van der Waals surface area contributed by atoms with E-state index in [1.54, 1.807) is 24.3 Å². The van der Waals surface area contributed by atoms with E-state index >= 15 is 0 Å². The highest BCUT2D eigenvalue weighted by Crippen LogP contribution is 2.26. The summed E-state index contributed by atoms with van der Waals surface area (Å²) < 4.78 is 0. The monoisotopic (exact) mass is 227 g/mol. The van der Waals surface area contributed by atoms with Crippen molar-refractivity contribution in [2.24, 2.45) is 0 Å². The van der Waals surface area contributed by atoms with Crippen LogP contribution in [0.1, 0.15) is 34.6 Å². The molecule has 0 spiro atoms. The summed E-state index contributed by atoms with van der Waals surface area (Å²) in [4.78, 5) is 23.2. The van der Waals surface area contributed by atoms with Gasteiger partial charge in [-0.15, -0.1) is 0 Å². The lowest BCUT2D eigenvalue weighted by Gasteiger charge is -2.09. The van der Waals surface area contributed by atoms with Crippen LogP contribution in [0.4, 0.5) is 5.69 Å². The van der Waals surface area contributed by atoms with Gasteiger partial charge < -0.3 is 5.73 Å². The molecule has 0 aliphatic rings. The highest BCUT2D eigenvalue weighted by molar-refractivity contribution is 6.16. The Bertz CT molecular complexity index is 629. The number of nitrogens with two attached hydrogens (primary N) is 1. The first-order valence-electron chi connectivity index (χ1n) is 5.35. The molecule has 2 rings (SSSR count). The van der Waals surface area contributed by atoms with E-state index in [1.807, 2.05) is 6.07 Å². The van der Waals surface area contributed by atoms with Crippen molar-refractivity contribution in [2.75, 3.05) is 5.73 Å². The van der Waals surface area contributed by atoms with E-state index in [9.17, 15) is 9.59 Å². The standard InChI is InChI=1S/C14H13NO2/c1-8(16)12-5-3-4-10-6-11(15)7-13(9(2)17)14(10)12/h3-7H,15H2,1-2H3. The second kappa shape index (κ2) is 4.01. The molecule has 0 fully saturated rings. The Morgan fingerprint density at radius 2 is 1.65 bits per heavy atom. The van der Waals surface area contributed by atoms with Crippen molar-refractivity contribution < 1.29 is 9.59 Å². The van der Waals surface area contributed by atoms with Crippen molar-refractivity contribution in [1.82, 2.24) is 0 Å². The lowest BCUT2D eigenvalue weighted by molar-refractivity contribution is 0.101. The van der Waals surface area contributed by atoms with Crippen molar-refractivity contribution in [3.8, 4) is 0 Å². The summed E-state index contributed by atoms with van der Waals surface area (Å²) in [5.41, 5.74) is 7.35. The zero-order valence-electron chi connectivity index (χ0n) is 9.78. The number of carbonyl (C=O) groups is 2. The number of fused-ring (bicyclic) bond motifs is 1. The van der Waals surface area contributed by atoms with Gasteiger partial charge in [-0.1, -0.05) is 18.2 Å². The van der Waals surface area contributed by atoms with E-state index in [0.29, 0.717) is 22.2 Å². The third-order valence-electron chi connectivity index (χ3n) is 2.76. The third-order valence-corrected chi connectivity index (χ3v) is 2.76. The summed E-state index contributed by atoms with van der Waals surface area (Å²) in [5, 5.41) is 1.52. The first-order chi connectivity index (χ1) is 8.00. The van der Waals surface area contributed by atoms with E-state index < -0.39 is 0 Å². The fourth-order valence-corrected chi connectivity index (χ4v) is 2.02. The fourth-order valence-electron chi connectivity index (χ4n) is 2.02. The maximum atomic E-state index is 11.6. The number of carbonyl (C=O) groups excluding carboxylic acids is 2. The van der Waals surface area contributed by atoms with Gasteiger partial charge in [0.15, 0.2) is 11.6 Å². The lowest BCUT2D eigenvalue weighted by Crippen LogP contribution is -2.02. The molecule has 0 aromatic heterocycles. The van der Waals surface area contributed by atoms with Gasteiger partial charge in [0.2, 0.25) is 0 Å². The minimum absolute atomic E-state index is 0.0529. The van der Waals surface area contributed by atoms with Crippen LogP contribution in [0.25, 0.3) is 10.8 Å². The molecule has 0 aliphatic carbocycles. The van der Waals surface area contributed by atoms with Crippen LogP contribution in [-0.2, 0) is 0 Å². The molecule has 86 valence electrons. The van der Waals surface area contributed by atoms with Gasteiger partial charge in [0, 0.05) is 22.2 Å². The maximum Gasteiger partial charge on any atom is 0.160 e. The number of rotatable bonds is 2. The maximum absolute atomic E-state index is 11.6. The Kier molecular flexibility index (Phi) is 2.68. The highest BCUT2D eigenvalue weighted by Gasteiger charge is 2.13. The Morgan fingerprint density at radius 3 is 2.24 bits per heavy atom. The van der Waals surface area contributed by atoms with Gasteiger partial charge >= 0.3 is 0 Å². The summed E-state index contributed by atoms with van der Waals surface area (Å²) in [5.74, 6) is -0.140. The van der Waals surface area contributed by atoms with Crippen LogP contribution in [0.5, 0.6) is 0 Å². The number of Topliss-reactive ketones (excluding diaryl/α,β-unsaturated/α-hetero) is 2. The third kappa shape index (κ3) is 1.91. The summed E-state index contributed by atoms with van der Waals surface area (Å²) in [6, 6.07) is 8.77. The zero-order chi connectivity index (χ0) is 12.6. The summed E-state index contributed by atoms with van der Waals surface area (Å²) in [6.45, 7) is 2.97. The van der Waals surface area contributed by atoms with Crippen LogP contribution < -0.4 is 5.73 Å². The van der Waals surface area contributed by atoms with Gasteiger partial charge in [0.05, 0.1) is 0 Å². The van der Waals surface area contributed by atoms with Crippen molar-refractivity contribution in [3.63, 3.8) is 0 Å². The second-order valence-electron chi connectivity index (χ2n) is 4.08. The van der Waals surface area contributed by atoms with Crippen molar-refractivity contribution in [2.45, 2.75) is 13.8 Å². The SMILES string of the molecule is CC(=O)c1cccc2cc(N)cc(C(C)=O)c12. The molecule has 0 heterocycles. The van der Waals surface area contributed by atoms with Gasteiger partial charge in [-0.05, 0) is 31.4 Å². The smallest absolute Gasteiger partial charge is 0.160 e. The molecule has 3 heteroatoms. The van der Waals surface area contributed by atoms with E-state index in [1.165, 1.54) is 13.8 Å². The molecule has 0 saturated heterocycles. The quantitative estimate of drug-likeness (QED) is 0.634. The van der Waals surface area contributed by atoms with Crippen LogP contribution in [0.2, 0.25) is 0 Å². The van der Waals surface area contributed by atoms with Crippen molar-refractivity contribution >= 4 is 28.0 Å². The van der Waals surface area contributed by atoms with Crippen LogP contribution in [-0.4, -0.2) is 11.6 Å². The number of hydrogen-bond acceptors (Lipinski definition) is 3. The van der Waals surface area contributed by atoms with Gasteiger partial charge in [-0.3, -0.25) is 9.59 Å². The average Bonchev–Trinajstić information content (AvgIpc) is 2.26. The first-order valence-corrected chi connectivity index (χ1v) is 5.35. The Balaban J connectivity index is 2.96. The Hall–Kier alpha value is -2.16. The molecular formula is C14H13NO2. The van der Waals surface area contributed by atoms with Gasteiger partial charge in [0.1, 0.15) is 0 Å². The van der Waals surface area contributed by atoms with E-state index in [0.717, 1.165) is 5.39 Å². The van der Waals surface area contributed by atoms with Crippen molar-refractivity contribution in [3.05, 3.63) is 41.5 Å².